The molecule has 0 bridgehead atoms. The first-order valence-corrected chi connectivity index (χ1v) is 2.41. The first-order valence-electron chi connectivity index (χ1n) is 2.41. The van der Waals surface area contributed by atoms with Crippen molar-refractivity contribution < 1.29 is 9.53 Å². The Morgan fingerprint density at radius 3 is 2.67 bits per heavy atom. The third-order valence-corrected chi connectivity index (χ3v) is 0.733. The summed E-state index contributed by atoms with van der Waals surface area (Å²) < 4.78 is 4.33. The maximum absolute atomic E-state index is 10.5. The lowest BCUT2D eigenvalue weighted by Crippen LogP contribution is -2.03. The van der Waals surface area contributed by atoms with E-state index in [-0.39, 0.29) is 5.57 Å². The highest BCUT2D eigenvalue weighted by Crippen LogP contribution is 1.87. The lowest BCUT2D eigenvalue weighted by atomic mass is 10.3. The molecule has 0 aliphatic rings. The molecule has 3 nitrogen and oxygen atoms in total. The molecule has 50 valence electrons. The number of aliphatic imine (C=N–C) groups is 1. The van der Waals surface area contributed by atoms with Gasteiger partial charge < -0.3 is 4.74 Å². The monoisotopic (exact) mass is 127 g/mol. The van der Waals surface area contributed by atoms with Gasteiger partial charge in [-0.1, -0.05) is 6.58 Å². The molecule has 0 atom stereocenters. The zero-order chi connectivity index (χ0) is 7.28. The summed E-state index contributed by atoms with van der Waals surface area (Å²) in [7, 11) is 2.87. The molecule has 0 rings (SSSR count). The van der Waals surface area contributed by atoms with Gasteiger partial charge in [-0.25, -0.2) is 4.79 Å². The van der Waals surface area contributed by atoms with Crippen LogP contribution < -0.4 is 0 Å². The number of methoxy groups -OCH3 is 1. The maximum Gasteiger partial charge on any atom is 0.338 e. The molecule has 0 aromatic carbocycles. The van der Waals surface area contributed by atoms with E-state index in [9.17, 15) is 4.79 Å². The predicted molar refractivity (Wildman–Crippen MR) is 35.6 cm³/mol. The molecule has 0 aliphatic carbocycles. The number of ether oxygens (including phenoxy) is 1. The van der Waals surface area contributed by atoms with Crippen molar-refractivity contribution in [3.05, 3.63) is 12.2 Å². The van der Waals surface area contributed by atoms with Crippen LogP contribution >= 0.6 is 0 Å². The van der Waals surface area contributed by atoms with Crippen LogP contribution in [0.4, 0.5) is 0 Å². The Labute approximate surface area is 54.0 Å². The molecule has 0 N–H and O–H groups in total. The topological polar surface area (TPSA) is 38.7 Å². The minimum atomic E-state index is -0.444. The summed E-state index contributed by atoms with van der Waals surface area (Å²) in [6, 6.07) is 0. The van der Waals surface area contributed by atoms with E-state index in [1.807, 2.05) is 0 Å². The van der Waals surface area contributed by atoms with E-state index in [2.05, 4.69) is 16.3 Å². The molecule has 0 radical (unpaired) electrons. The molecule has 0 fully saturated rings. The maximum atomic E-state index is 10.5. The summed E-state index contributed by atoms with van der Waals surface area (Å²) in [5.74, 6) is -0.444. The number of carbonyl (C=O) groups excluding carboxylic acids is 1. The fourth-order valence-electron chi connectivity index (χ4n) is 0.340. The first kappa shape index (κ1) is 7.88. The molecule has 3 heteroatoms. The Balaban J connectivity index is 3.89. The average molecular weight is 127 g/mol. The second kappa shape index (κ2) is 3.83. The third kappa shape index (κ3) is 2.64. The van der Waals surface area contributed by atoms with Gasteiger partial charge in [-0.15, -0.1) is 0 Å². The second-order valence-corrected chi connectivity index (χ2v) is 1.40. The van der Waals surface area contributed by atoms with Gasteiger partial charge in [-0.05, 0) is 0 Å². The number of carbonyl (C=O) groups is 1. The highest BCUT2D eigenvalue weighted by Gasteiger charge is 2.00. The summed E-state index contributed by atoms with van der Waals surface area (Å²) in [5, 5.41) is 0. The van der Waals surface area contributed by atoms with Crippen LogP contribution in [0, 0.1) is 0 Å². The molecule has 0 amide bonds. The summed E-state index contributed by atoms with van der Waals surface area (Å²) in [4.78, 5) is 14.1. The van der Waals surface area contributed by atoms with E-state index < -0.39 is 5.97 Å². The molecular formula is C6H9NO2. The molecule has 0 heterocycles. The molecule has 0 aromatic rings. The van der Waals surface area contributed by atoms with Crippen molar-refractivity contribution in [3.8, 4) is 0 Å². The SMILES string of the molecule is C=C(C=NC)C(=O)OC. The van der Waals surface area contributed by atoms with Crippen molar-refractivity contribution in [1.82, 2.24) is 0 Å². The van der Waals surface area contributed by atoms with Crippen LogP contribution in [0.1, 0.15) is 0 Å². The Kier molecular flexibility index (Phi) is 3.35. The van der Waals surface area contributed by atoms with Gasteiger partial charge >= 0.3 is 5.97 Å². The van der Waals surface area contributed by atoms with Crippen molar-refractivity contribution in [2.45, 2.75) is 0 Å². The fourth-order valence-corrected chi connectivity index (χ4v) is 0.340. The largest absolute Gasteiger partial charge is 0.465 e. The molecule has 0 unspecified atom stereocenters. The number of nitrogens with zero attached hydrogens (tertiary/aromatic N) is 1. The Bertz CT molecular complexity index is 149. The average Bonchev–Trinajstić information content (AvgIpc) is 1.87. The van der Waals surface area contributed by atoms with Crippen LogP contribution in [0.3, 0.4) is 0 Å². The highest BCUT2D eigenvalue weighted by atomic mass is 16.5. The van der Waals surface area contributed by atoms with Crippen LogP contribution in [-0.2, 0) is 9.53 Å². The molecule has 0 aliphatic heterocycles. The fraction of sp³-hybridized carbons (Fsp3) is 0.333. The first-order chi connectivity index (χ1) is 4.22. The van der Waals surface area contributed by atoms with Crippen molar-refractivity contribution in [1.29, 1.82) is 0 Å². The van der Waals surface area contributed by atoms with E-state index in [0.29, 0.717) is 0 Å². The van der Waals surface area contributed by atoms with Crippen molar-refractivity contribution in [2.24, 2.45) is 4.99 Å². The summed E-state index contributed by atoms with van der Waals surface area (Å²) in [6.07, 6.45) is 1.35. The zero-order valence-electron chi connectivity index (χ0n) is 5.55. The normalized spacial score (nSPS) is 9.56. The number of hydrogen-bond acceptors (Lipinski definition) is 3. The van der Waals surface area contributed by atoms with Crippen LogP contribution in [0.2, 0.25) is 0 Å². The van der Waals surface area contributed by atoms with Gasteiger partial charge in [0, 0.05) is 13.3 Å². The third-order valence-electron chi connectivity index (χ3n) is 0.733. The van der Waals surface area contributed by atoms with Gasteiger partial charge in [0.25, 0.3) is 0 Å². The highest BCUT2D eigenvalue weighted by molar-refractivity contribution is 6.08. The second-order valence-electron chi connectivity index (χ2n) is 1.40. The lowest BCUT2D eigenvalue weighted by Gasteiger charge is -1.93. The molecule has 9 heavy (non-hydrogen) atoms. The minimum absolute atomic E-state index is 0.264. The van der Waals surface area contributed by atoms with Crippen LogP contribution in [0.5, 0.6) is 0 Å². The Morgan fingerprint density at radius 2 is 2.33 bits per heavy atom. The van der Waals surface area contributed by atoms with Gasteiger partial charge in [0.05, 0.1) is 12.7 Å². The van der Waals surface area contributed by atoms with Gasteiger partial charge in [-0.2, -0.15) is 0 Å². The number of rotatable bonds is 2. The predicted octanol–water partition coefficient (Wildman–Crippen LogP) is 0.416. The van der Waals surface area contributed by atoms with Crippen molar-refractivity contribution in [2.75, 3.05) is 14.2 Å². The zero-order valence-corrected chi connectivity index (χ0v) is 5.55. The van der Waals surface area contributed by atoms with Crippen molar-refractivity contribution >= 4 is 12.2 Å². The van der Waals surface area contributed by atoms with Gasteiger partial charge in [0.1, 0.15) is 0 Å². The van der Waals surface area contributed by atoms with Gasteiger partial charge in [0.2, 0.25) is 0 Å². The van der Waals surface area contributed by atoms with Gasteiger partial charge in [0.15, 0.2) is 0 Å². The lowest BCUT2D eigenvalue weighted by molar-refractivity contribution is -0.135. The molecule has 0 saturated heterocycles. The Hall–Kier alpha value is -1.12. The van der Waals surface area contributed by atoms with E-state index in [1.165, 1.54) is 13.3 Å². The van der Waals surface area contributed by atoms with Crippen LogP contribution in [0.15, 0.2) is 17.1 Å². The molecule has 0 aromatic heterocycles. The summed E-state index contributed by atoms with van der Waals surface area (Å²) in [6.45, 7) is 3.39. The van der Waals surface area contributed by atoms with Gasteiger partial charge in [-0.3, -0.25) is 4.99 Å². The van der Waals surface area contributed by atoms with Crippen LogP contribution in [0.25, 0.3) is 0 Å². The number of hydrogen-bond donors (Lipinski definition) is 0. The minimum Gasteiger partial charge on any atom is -0.465 e. The smallest absolute Gasteiger partial charge is 0.338 e. The van der Waals surface area contributed by atoms with E-state index >= 15 is 0 Å². The molecule has 0 spiro atoms. The quantitative estimate of drug-likeness (QED) is 0.306. The summed E-state index contributed by atoms with van der Waals surface area (Å²) in [5.41, 5.74) is 0.264. The van der Waals surface area contributed by atoms with E-state index in [1.54, 1.807) is 7.05 Å². The Morgan fingerprint density at radius 1 is 1.78 bits per heavy atom. The molecule has 0 saturated carbocycles. The summed E-state index contributed by atoms with van der Waals surface area (Å²) >= 11 is 0. The molecular weight excluding hydrogens is 118 g/mol. The van der Waals surface area contributed by atoms with E-state index in [0.717, 1.165) is 0 Å². The standard InChI is InChI=1S/C6H9NO2/c1-5(4-7-2)6(8)9-3/h4H,1H2,2-3H3. The number of esters is 1. The van der Waals surface area contributed by atoms with Crippen LogP contribution in [-0.4, -0.2) is 26.3 Å². The van der Waals surface area contributed by atoms with E-state index in [4.69, 9.17) is 0 Å². The van der Waals surface area contributed by atoms with Crippen molar-refractivity contribution in [3.63, 3.8) is 0 Å².